The van der Waals surface area contributed by atoms with Crippen LogP contribution in [0.2, 0.25) is 0 Å². The third-order valence-electron chi connectivity index (χ3n) is 5.92. The highest BCUT2D eigenvalue weighted by Gasteiger charge is 2.23. The Balaban J connectivity index is 1.86. The molecule has 0 atom stereocenters. The number of benzene rings is 1. The van der Waals surface area contributed by atoms with Crippen molar-refractivity contribution < 1.29 is 18.0 Å². The van der Waals surface area contributed by atoms with Crippen molar-refractivity contribution in [3.63, 3.8) is 0 Å². The number of amides is 2. The molecule has 4 N–H and O–H groups in total. The summed E-state index contributed by atoms with van der Waals surface area (Å²) in [6.45, 7) is 7.55. The standard InChI is InChI=1S/C24H39N3O4S2/c1-17(2)6-4-14-26-23(28)7-5-15-27-24(29)19-10-13-21(22(16-19)33(25,30)31)32-20-11-8-18(3)9-12-20/h10,13,16-18,20H,4-9,11-12,14-15H2,1-3H3,(H,26,28)(H,27,29)(H2,25,30,31). The van der Waals surface area contributed by atoms with E-state index >= 15 is 0 Å². The summed E-state index contributed by atoms with van der Waals surface area (Å²) >= 11 is 1.54. The number of thioether (sulfide) groups is 1. The Kier molecular flexibility index (Phi) is 11.2. The Labute approximate surface area is 203 Å². The lowest BCUT2D eigenvalue weighted by molar-refractivity contribution is -0.121. The van der Waals surface area contributed by atoms with Gasteiger partial charge in [0.05, 0.1) is 4.90 Å². The predicted octanol–water partition coefficient (Wildman–Crippen LogP) is 4.07. The monoisotopic (exact) mass is 497 g/mol. The van der Waals surface area contributed by atoms with Gasteiger partial charge in [-0.25, -0.2) is 13.6 Å². The number of nitrogens with one attached hydrogen (secondary N) is 2. The first kappa shape index (κ1) is 27.7. The second-order valence-electron chi connectivity index (χ2n) is 9.45. The van der Waals surface area contributed by atoms with Crippen LogP contribution in [0.5, 0.6) is 0 Å². The van der Waals surface area contributed by atoms with Crippen LogP contribution in [0.4, 0.5) is 0 Å². The Hall–Kier alpha value is -1.58. The summed E-state index contributed by atoms with van der Waals surface area (Å²) in [5, 5.41) is 11.5. The van der Waals surface area contributed by atoms with Gasteiger partial charge in [-0.05, 0) is 75.0 Å². The molecular weight excluding hydrogens is 458 g/mol. The molecule has 1 aromatic carbocycles. The highest BCUT2D eigenvalue weighted by Crippen LogP contribution is 2.38. The summed E-state index contributed by atoms with van der Waals surface area (Å²) in [7, 11) is -3.96. The fraction of sp³-hybridized carbons (Fsp3) is 0.667. The zero-order valence-corrected chi connectivity index (χ0v) is 21.7. The Morgan fingerprint density at radius 2 is 1.76 bits per heavy atom. The molecule has 7 nitrogen and oxygen atoms in total. The lowest BCUT2D eigenvalue weighted by Crippen LogP contribution is -2.28. The van der Waals surface area contributed by atoms with Gasteiger partial charge in [0.25, 0.3) is 5.91 Å². The molecule has 0 saturated heterocycles. The fourth-order valence-corrected chi connectivity index (χ4v) is 6.20. The number of primary sulfonamides is 1. The van der Waals surface area contributed by atoms with Crippen LogP contribution in [0, 0.1) is 11.8 Å². The third kappa shape index (κ3) is 10.1. The molecule has 1 saturated carbocycles. The van der Waals surface area contributed by atoms with E-state index in [1.807, 2.05) is 0 Å². The number of sulfonamides is 1. The van der Waals surface area contributed by atoms with Crippen molar-refractivity contribution in [2.45, 2.75) is 87.2 Å². The van der Waals surface area contributed by atoms with Crippen molar-refractivity contribution in [2.24, 2.45) is 17.0 Å². The van der Waals surface area contributed by atoms with Crippen molar-refractivity contribution in [1.82, 2.24) is 10.6 Å². The van der Waals surface area contributed by atoms with E-state index in [0.717, 1.165) is 38.5 Å². The number of rotatable bonds is 12. The summed E-state index contributed by atoms with van der Waals surface area (Å²) in [4.78, 5) is 25.0. The molecule has 33 heavy (non-hydrogen) atoms. The summed E-state index contributed by atoms with van der Waals surface area (Å²) in [5.41, 5.74) is 0.249. The first-order valence-electron chi connectivity index (χ1n) is 11.9. The molecule has 0 heterocycles. The van der Waals surface area contributed by atoms with Gasteiger partial charge in [0.15, 0.2) is 0 Å². The van der Waals surface area contributed by atoms with Gasteiger partial charge < -0.3 is 10.6 Å². The molecule has 0 unspecified atom stereocenters. The van der Waals surface area contributed by atoms with Gasteiger partial charge >= 0.3 is 0 Å². The minimum absolute atomic E-state index is 0.000419. The van der Waals surface area contributed by atoms with Crippen LogP contribution in [0.25, 0.3) is 0 Å². The molecule has 1 aliphatic carbocycles. The maximum Gasteiger partial charge on any atom is 0.251 e. The second-order valence-corrected chi connectivity index (χ2v) is 12.3. The Morgan fingerprint density at radius 1 is 1.09 bits per heavy atom. The Bertz CT molecular complexity index is 895. The average Bonchev–Trinajstić information content (AvgIpc) is 2.75. The molecule has 1 aliphatic rings. The topological polar surface area (TPSA) is 118 Å². The van der Waals surface area contributed by atoms with Crippen LogP contribution in [-0.4, -0.2) is 38.6 Å². The van der Waals surface area contributed by atoms with E-state index in [1.165, 1.54) is 17.8 Å². The molecular formula is C24H39N3O4S2. The van der Waals surface area contributed by atoms with E-state index in [2.05, 4.69) is 31.4 Å². The lowest BCUT2D eigenvalue weighted by atomic mass is 9.91. The lowest BCUT2D eigenvalue weighted by Gasteiger charge is -2.26. The molecule has 1 aromatic rings. The minimum atomic E-state index is -3.96. The normalized spacial score (nSPS) is 18.8. The van der Waals surface area contributed by atoms with Crippen molar-refractivity contribution in [2.75, 3.05) is 13.1 Å². The SMILES string of the molecule is CC(C)CCCNC(=O)CCCNC(=O)c1ccc(SC2CCC(C)CC2)c(S(N)(=O)=O)c1. The van der Waals surface area contributed by atoms with E-state index in [1.54, 1.807) is 12.1 Å². The molecule has 0 spiro atoms. The van der Waals surface area contributed by atoms with Crippen LogP contribution in [-0.2, 0) is 14.8 Å². The summed E-state index contributed by atoms with van der Waals surface area (Å²) in [6.07, 6.45) is 7.25. The van der Waals surface area contributed by atoms with E-state index in [0.29, 0.717) is 47.9 Å². The number of hydrogen-bond acceptors (Lipinski definition) is 5. The maximum atomic E-state index is 12.5. The first-order chi connectivity index (χ1) is 15.6. The number of carbonyl (C=O) groups is 2. The highest BCUT2D eigenvalue weighted by atomic mass is 32.2. The number of hydrogen-bond donors (Lipinski definition) is 3. The summed E-state index contributed by atoms with van der Waals surface area (Å²) < 4.78 is 24.4. The molecule has 9 heteroatoms. The first-order valence-corrected chi connectivity index (χ1v) is 14.4. The zero-order chi connectivity index (χ0) is 24.4. The molecule has 0 bridgehead atoms. The minimum Gasteiger partial charge on any atom is -0.356 e. The van der Waals surface area contributed by atoms with Gasteiger partial charge in [-0.15, -0.1) is 11.8 Å². The van der Waals surface area contributed by atoms with E-state index in [4.69, 9.17) is 5.14 Å². The fourth-order valence-electron chi connectivity index (χ4n) is 3.88. The molecule has 0 radical (unpaired) electrons. The van der Waals surface area contributed by atoms with Gasteiger partial charge in [-0.1, -0.05) is 20.8 Å². The average molecular weight is 498 g/mol. The van der Waals surface area contributed by atoms with Gasteiger partial charge in [0.1, 0.15) is 0 Å². The third-order valence-corrected chi connectivity index (χ3v) is 8.41. The van der Waals surface area contributed by atoms with Crippen molar-refractivity contribution in [1.29, 1.82) is 0 Å². The van der Waals surface area contributed by atoms with Crippen LogP contribution in [0.3, 0.4) is 0 Å². The van der Waals surface area contributed by atoms with E-state index < -0.39 is 10.0 Å². The maximum absolute atomic E-state index is 12.5. The van der Waals surface area contributed by atoms with Gasteiger partial charge in [0.2, 0.25) is 15.9 Å². The number of nitrogens with two attached hydrogens (primary N) is 1. The molecule has 186 valence electrons. The zero-order valence-electron chi connectivity index (χ0n) is 20.1. The summed E-state index contributed by atoms with van der Waals surface area (Å²) in [6, 6.07) is 4.68. The molecule has 2 rings (SSSR count). The van der Waals surface area contributed by atoms with Gasteiger partial charge in [-0.2, -0.15) is 0 Å². The quantitative estimate of drug-likeness (QED) is 0.376. The summed E-state index contributed by atoms with van der Waals surface area (Å²) in [5.74, 6) is 0.931. The number of carbonyl (C=O) groups excluding carboxylic acids is 2. The second kappa shape index (κ2) is 13.3. The molecule has 0 aromatic heterocycles. The van der Waals surface area contributed by atoms with Gasteiger partial charge in [-0.3, -0.25) is 9.59 Å². The van der Waals surface area contributed by atoms with Crippen molar-refractivity contribution >= 4 is 33.6 Å². The van der Waals surface area contributed by atoms with Crippen molar-refractivity contribution in [3.05, 3.63) is 23.8 Å². The Morgan fingerprint density at radius 3 is 2.39 bits per heavy atom. The van der Waals surface area contributed by atoms with Crippen LogP contribution in [0.15, 0.2) is 28.0 Å². The predicted molar refractivity (Wildman–Crippen MR) is 134 cm³/mol. The van der Waals surface area contributed by atoms with E-state index in [9.17, 15) is 18.0 Å². The van der Waals surface area contributed by atoms with Gasteiger partial charge in [0, 0.05) is 35.2 Å². The van der Waals surface area contributed by atoms with Crippen LogP contribution >= 0.6 is 11.8 Å². The van der Waals surface area contributed by atoms with E-state index in [-0.39, 0.29) is 22.3 Å². The van der Waals surface area contributed by atoms with Crippen LogP contribution < -0.4 is 15.8 Å². The van der Waals surface area contributed by atoms with Crippen molar-refractivity contribution in [3.8, 4) is 0 Å². The molecule has 0 aliphatic heterocycles. The van der Waals surface area contributed by atoms with Crippen LogP contribution in [0.1, 0.15) is 82.5 Å². The smallest absolute Gasteiger partial charge is 0.251 e. The molecule has 1 fully saturated rings. The highest BCUT2D eigenvalue weighted by molar-refractivity contribution is 8.00. The largest absolute Gasteiger partial charge is 0.356 e. The molecule has 2 amide bonds.